The molecule has 5 nitrogen and oxygen atoms in total. The van der Waals surface area contributed by atoms with E-state index >= 15 is 0 Å². The summed E-state index contributed by atoms with van der Waals surface area (Å²) in [6, 6.07) is 6.68. The molecule has 94 valence electrons. The summed E-state index contributed by atoms with van der Waals surface area (Å²) >= 11 is 5.93. The lowest BCUT2D eigenvalue weighted by atomic mass is 10.1. The summed E-state index contributed by atoms with van der Waals surface area (Å²) in [5.74, 6) is 0.235. The molecule has 2 rings (SSSR count). The molecule has 2 aromatic rings. The number of aryl methyl sites for hydroxylation is 1. The van der Waals surface area contributed by atoms with Crippen molar-refractivity contribution in [3.05, 3.63) is 46.3 Å². The second-order valence-electron chi connectivity index (χ2n) is 3.82. The summed E-state index contributed by atoms with van der Waals surface area (Å²) in [5, 5.41) is 6.72. The van der Waals surface area contributed by atoms with Crippen LogP contribution in [0.5, 0.6) is 0 Å². The number of aromatic nitrogens is 1. The van der Waals surface area contributed by atoms with Crippen LogP contribution in [0.15, 0.2) is 28.8 Å². The van der Waals surface area contributed by atoms with Gasteiger partial charge in [0, 0.05) is 11.8 Å². The number of nitrogen functional groups attached to an aromatic ring is 1. The molecule has 6 heteroatoms. The summed E-state index contributed by atoms with van der Waals surface area (Å²) in [5.41, 5.74) is 7.09. The van der Waals surface area contributed by atoms with Crippen molar-refractivity contribution in [2.45, 2.75) is 13.5 Å². The number of rotatable bonds is 3. The Balaban J connectivity index is 2.08. The van der Waals surface area contributed by atoms with Crippen molar-refractivity contribution in [2.24, 2.45) is 0 Å². The molecule has 0 atom stereocenters. The number of amides is 1. The van der Waals surface area contributed by atoms with Crippen molar-refractivity contribution in [2.75, 3.05) is 5.73 Å². The number of anilines is 1. The number of nitrogens with two attached hydrogens (primary N) is 1. The first-order valence-corrected chi connectivity index (χ1v) is 5.70. The third-order valence-electron chi connectivity index (χ3n) is 2.37. The van der Waals surface area contributed by atoms with Crippen LogP contribution in [0.2, 0.25) is 5.02 Å². The highest BCUT2D eigenvalue weighted by Crippen LogP contribution is 2.21. The molecule has 1 aromatic heterocycles. The highest BCUT2D eigenvalue weighted by atomic mass is 35.5. The Morgan fingerprint density at radius 3 is 2.94 bits per heavy atom. The number of benzene rings is 1. The van der Waals surface area contributed by atoms with Crippen LogP contribution < -0.4 is 11.1 Å². The number of halogens is 1. The summed E-state index contributed by atoms with van der Waals surface area (Å²) in [4.78, 5) is 11.9. The smallest absolute Gasteiger partial charge is 0.255 e. The molecule has 1 aromatic carbocycles. The van der Waals surface area contributed by atoms with Crippen LogP contribution in [-0.4, -0.2) is 11.1 Å². The van der Waals surface area contributed by atoms with E-state index < -0.39 is 0 Å². The van der Waals surface area contributed by atoms with Crippen molar-refractivity contribution in [3.8, 4) is 0 Å². The normalized spacial score (nSPS) is 10.3. The van der Waals surface area contributed by atoms with E-state index in [0.717, 1.165) is 5.69 Å². The van der Waals surface area contributed by atoms with E-state index in [1.165, 1.54) is 0 Å². The third kappa shape index (κ3) is 2.62. The molecule has 0 spiro atoms. The first kappa shape index (κ1) is 12.4. The van der Waals surface area contributed by atoms with Crippen molar-refractivity contribution < 1.29 is 9.32 Å². The van der Waals surface area contributed by atoms with Crippen LogP contribution in [0.4, 0.5) is 5.69 Å². The Morgan fingerprint density at radius 2 is 2.33 bits per heavy atom. The fraction of sp³-hybridized carbons (Fsp3) is 0.167. The number of hydrogen-bond acceptors (Lipinski definition) is 4. The fourth-order valence-corrected chi connectivity index (χ4v) is 1.80. The zero-order chi connectivity index (χ0) is 13.1. The summed E-state index contributed by atoms with van der Waals surface area (Å²) in [6.45, 7) is 2.05. The van der Waals surface area contributed by atoms with Gasteiger partial charge in [-0.15, -0.1) is 0 Å². The molecule has 0 fully saturated rings. The largest absolute Gasteiger partial charge is 0.398 e. The van der Waals surface area contributed by atoms with E-state index in [9.17, 15) is 4.79 Å². The van der Waals surface area contributed by atoms with Crippen molar-refractivity contribution in [1.29, 1.82) is 0 Å². The maximum absolute atomic E-state index is 11.9. The standard InChI is InChI=1S/C12H12ClN3O2/c1-7-5-8(18-16-7)6-15-12(17)11-9(13)3-2-4-10(11)14/h2-5H,6,14H2,1H3,(H,15,17). The number of hydrogen-bond donors (Lipinski definition) is 2. The van der Waals surface area contributed by atoms with Crippen molar-refractivity contribution in [3.63, 3.8) is 0 Å². The molecular formula is C12H12ClN3O2. The van der Waals surface area contributed by atoms with Crippen LogP contribution in [0.1, 0.15) is 21.8 Å². The van der Waals surface area contributed by atoms with Gasteiger partial charge >= 0.3 is 0 Å². The molecule has 18 heavy (non-hydrogen) atoms. The minimum absolute atomic E-state index is 0.240. The Morgan fingerprint density at radius 1 is 1.56 bits per heavy atom. The van der Waals surface area contributed by atoms with Crippen LogP contribution in [-0.2, 0) is 6.54 Å². The maximum Gasteiger partial charge on any atom is 0.255 e. The second kappa shape index (κ2) is 5.10. The van der Waals surface area contributed by atoms with Gasteiger partial charge in [-0.1, -0.05) is 22.8 Å². The molecule has 0 aliphatic rings. The van der Waals surface area contributed by atoms with Gasteiger partial charge in [0.05, 0.1) is 22.8 Å². The van der Waals surface area contributed by atoms with Gasteiger partial charge in [-0.3, -0.25) is 4.79 Å². The summed E-state index contributed by atoms with van der Waals surface area (Å²) < 4.78 is 4.98. The minimum atomic E-state index is -0.341. The Kier molecular flexibility index (Phi) is 3.53. The number of nitrogens with one attached hydrogen (secondary N) is 1. The monoisotopic (exact) mass is 265 g/mol. The lowest BCUT2D eigenvalue weighted by molar-refractivity contribution is 0.0948. The Labute approximate surface area is 109 Å². The van der Waals surface area contributed by atoms with Crippen molar-refractivity contribution in [1.82, 2.24) is 10.5 Å². The van der Waals surface area contributed by atoms with Gasteiger partial charge in [0.15, 0.2) is 5.76 Å². The van der Waals surface area contributed by atoms with Gasteiger partial charge in [0.25, 0.3) is 5.91 Å². The molecule has 0 unspecified atom stereocenters. The van der Waals surface area contributed by atoms with E-state index in [-0.39, 0.29) is 18.0 Å². The molecule has 0 saturated carbocycles. The molecule has 1 heterocycles. The van der Waals surface area contributed by atoms with E-state index in [1.807, 2.05) is 0 Å². The molecule has 0 aliphatic carbocycles. The minimum Gasteiger partial charge on any atom is -0.398 e. The first-order valence-electron chi connectivity index (χ1n) is 5.32. The van der Waals surface area contributed by atoms with Gasteiger partial charge in [0.2, 0.25) is 0 Å². The van der Waals surface area contributed by atoms with E-state index in [1.54, 1.807) is 31.2 Å². The van der Waals surface area contributed by atoms with Gasteiger partial charge in [-0.25, -0.2) is 0 Å². The molecule has 1 amide bonds. The highest BCUT2D eigenvalue weighted by molar-refractivity contribution is 6.34. The van der Waals surface area contributed by atoms with Crippen molar-refractivity contribution >= 4 is 23.2 Å². The number of carbonyl (C=O) groups is 1. The van der Waals surface area contributed by atoms with Gasteiger partial charge in [-0.2, -0.15) is 0 Å². The second-order valence-corrected chi connectivity index (χ2v) is 4.23. The van der Waals surface area contributed by atoms with Crippen LogP contribution >= 0.6 is 11.6 Å². The SMILES string of the molecule is Cc1cc(CNC(=O)c2c(N)cccc2Cl)on1. The highest BCUT2D eigenvalue weighted by Gasteiger charge is 2.14. The first-order chi connectivity index (χ1) is 8.58. The molecule has 0 radical (unpaired) electrons. The number of carbonyl (C=O) groups excluding carboxylic acids is 1. The predicted octanol–water partition coefficient (Wildman–Crippen LogP) is 2.15. The Bertz CT molecular complexity index is 560. The third-order valence-corrected chi connectivity index (χ3v) is 2.69. The zero-order valence-corrected chi connectivity index (χ0v) is 10.5. The van der Waals surface area contributed by atoms with E-state index in [0.29, 0.717) is 16.5 Å². The van der Waals surface area contributed by atoms with Gasteiger partial charge < -0.3 is 15.6 Å². The zero-order valence-electron chi connectivity index (χ0n) is 9.74. The lowest BCUT2D eigenvalue weighted by Crippen LogP contribution is -2.24. The quantitative estimate of drug-likeness (QED) is 0.833. The average molecular weight is 266 g/mol. The molecule has 0 saturated heterocycles. The molecule has 0 bridgehead atoms. The molecule has 3 N–H and O–H groups in total. The van der Waals surface area contributed by atoms with Gasteiger partial charge in [0.1, 0.15) is 0 Å². The Hall–Kier alpha value is -2.01. The predicted molar refractivity (Wildman–Crippen MR) is 68.3 cm³/mol. The lowest BCUT2D eigenvalue weighted by Gasteiger charge is -2.07. The molecule has 0 aliphatic heterocycles. The van der Waals surface area contributed by atoms with Gasteiger partial charge in [-0.05, 0) is 19.1 Å². The van der Waals surface area contributed by atoms with Crippen LogP contribution in [0.3, 0.4) is 0 Å². The topological polar surface area (TPSA) is 81.2 Å². The maximum atomic E-state index is 11.9. The molecular weight excluding hydrogens is 254 g/mol. The average Bonchev–Trinajstić information content (AvgIpc) is 2.72. The van der Waals surface area contributed by atoms with E-state index in [4.69, 9.17) is 21.9 Å². The summed E-state index contributed by atoms with van der Waals surface area (Å²) in [7, 11) is 0. The van der Waals surface area contributed by atoms with Crippen LogP contribution in [0, 0.1) is 6.92 Å². The van der Waals surface area contributed by atoms with Crippen LogP contribution in [0.25, 0.3) is 0 Å². The number of nitrogens with zero attached hydrogens (tertiary/aromatic N) is 1. The summed E-state index contributed by atoms with van der Waals surface area (Å²) in [6.07, 6.45) is 0. The van der Waals surface area contributed by atoms with E-state index in [2.05, 4.69) is 10.5 Å². The fourth-order valence-electron chi connectivity index (χ4n) is 1.54.